The smallest absolute Gasteiger partial charge is 0.272 e. The number of hydrogen-bond donors (Lipinski definition) is 1. The summed E-state index contributed by atoms with van der Waals surface area (Å²) in [6.07, 6.45) is 0. The molecule has 0 spiro atoms. The van der Waals surface area contributed by atoms with Gasteiger partial charge in [0.1, 0.15) is 0 Å². The number of anilines is 1. The Balaban J connectivity index is 1.89. The summed E-state index contributed by atoms with van der Waals surface area (Å²) in [4.78, 5) is 14.6. The second-order valence-corrected chi connectivity index (χ2v) is 5.49. The number of rotatable bonds is 5. The van der Waals surface area contributed by atoms with Crippen LogP contribution < -0.4 is 5.32 Å². The lowest BCUT2D eigenvalue weighted by molar-refractivity contribution is -0.385. The third-order valence-corrected chi connectivity index (χ3v) is 3.91. The highest BCUT2D eigenvalue weighted by atomic mass is 19.1. The lowest BCUT2D eigenvalue weighted by atomic mass is 10.2. The van der Waals surface area contributed by atoms with Gasteiger partial charge in [-0.3, -0.25) is 15.0 Å². The van der Waals surface area contributed by atoms with Crippen LogP contribution in [-0.2, 0) is 0 Å². The van der Waals surface area contributed by atoms with Gasteiger partial charge in [0, 0.05) is 44.8 Å². The summed E-state index contributed by atoms with van der Waals surface area (Å²) in [5, 5.41) is 13.6. The lowest BCUT2D eigenvalue weighted by Gasteiger charge is -2.36. The van der Waals surface area contributed by atoms with Gasteiger partial charge in [0.05, 0.1) is 16.7 Å². The maximum atomic E-state index is 13.8. The van der Waals surface area contributed by atoms with Gasteiger partial charge in [0.25, 0.3) is 5.69 Å². The highest BCUT2D eigenvalue weighted by Crippen LogP contribution is 2.20. The zero-order chi connectivity index (χ0) is 15.4. The van der Waals surface area contributed by atoms with Crippen molar-refractivity contribution in [2.45, 2.75) is 13.0 Å². The van der Waals surface area contributed by atoms with Gasteiger partial charge in [0.2, 0.25) is 0 Å². The average Bonchev–Trinajstić information content (AvgIpc) is 2.46. The monoisotopic (exact) mass is 296 g/mol. The molecule has 1 N–H and O–H groups in total. The van der Waals surface area contributed by atoms with Crippen LogP contribution in [0, 0.1) is 15.9 Å². The molecule has 2 rings (SSSR count). The number of benzene rings is 1. The first-order chi connectivity index (χ1) is 9.97. The van der Waals surface area contributed by atoms with Crippen molar-refractivity contribution < 1.29 is 9.31 Å². The molecule has 6 nitrogen and oxygen atoms in total. The Bertz CT molecular complexity index is 504. The fourth-order valence-corrected chi connectivity index (χ4v) is 2.41. The molecule has 0 saturated carbocycles. The topological polar surface area (TPSA) is 61.7 Å². The second-order valence-electron chi connectivity index (χ2n) is 5.49. The molecule has 0 bridgehead atoms. The third-order valence-electron chi connectivity index (χ3n) is 3.91. The molecule has 21 heavy (non-hydrogen) atoms. The van der Waals surface area contributed by atoms with Crippen molar-refractivity contribution in [3.8, 4) is 0 Å². The Morgan fingerprint density at radius 2 is 2.05 bits per heavy atom. The summed E-state index contributed by atoms with van der Waals surface area (Å²) in [7, 11) is 2.10. The number of nitro groups is 1. The van der Waals surface area contributed by atoms with Gasteiger partial charge in [-0.15, -0.1) is 0 Å². The molecule has 1 unspecified atom stereocenters. The zero-order valence-corrected chi connectivity index (χ0v) is 12.4. The maximum absolute atomic E-state index is 13.8. The lowest BCUT2D eigenvalue weighted by Crippen LogP contribution is -2.49. The molecule has 116 valence electrons. The molecule has 0 amide bonds. The summed E-state index contributed by atoms with van der Waals surface area (Å²) in [5.41, 5.74) is 0.0757. The minimum Gasteiger partial charge on any atom is -0.381 e. The van der Waals surface area contributed by atoms with Crippen LogP contribution in [0.2, 0.25) is 0 Å². The predicted molar refractivity (Wildman–Crippen MR) is 80.1 cm³/mol. The number of halogens is 1. The quantitative estimate of drug-likeness (QED) is 0.663. The Morgan fingerprint density at radius 3 is 2.62 bits per heavy atom. The Hall–Kier alpha value is -1.73. The summed E-state index contributed by atoms with van der Waals surface area (Å²) >= 11 is 0. The van der Waals surface area contributed by atoms with Crippen molar-refractivity contribution in [2.75, 3.05) is 45.1 Å². The maximum Gasteiger partial charge on any atom is 0.272 e. The van der Waals surface area contributed by atoms with Crippen molar-refractivity contribution >= 4 is 11.4 Å². The number of piperazine rings is 1. The first-order valence-corrected chi connectivity index (χ1v) is 7.08. The van der Waals surface area contributed by atoms with Crippen molar-refractivity contribution in [1.29, 1.82) is 0 Å². The summed E-state index contributed by atoms with van der Waals surface area (Å²) < 4.78 is 13.8. The van der Waals surface area contributed by atoms with Crippen LogP contribution in [0.4, 0.5) is 15.8 Å². The van der Waals surface area contributed by atoms with E-state index in [0.717, 1.165) is 32.2 Å². The van der Waals surface area contributed by atoms with Crippen LogP contribution in [0.25, 0.3) is 0 Å². The highest BCUT2D eigenvalue weighted by molar-refractivity contribution is 5.50. The van der Waals surface area contributed by atoms with E-state index < -0.39 is 10.7 Å². The Kier molecular flexibility index (Phi) is 5.08. The van der Waals surface area contributed by atoms with Gasteiger partial charge < -0.3 is 10.2 Å². The Morgan fingerprint density at radius 1 is 1.38 bits per heavy atom. The van der Waals surface area contributed by atoms with Gasteiger partial charge >= 0.3 is 0 Å². The average molecular weight is 296 g/mol. The summed E-state index contributed by atoms with van der Waals surface area (Å²) in [5.74, 6) is -0.588. The third kappa shape index (κ3) is 4.12. The molecular formula is C14H21FN4O2. The molecule has 1 aliphatic rings. The van der Waals surface area contributed by atoms with E-state index in [4.69, 9.17) is 0 Å². The highest BCUT2D eigenvalue weighted by Gasteiger charge is 2.19. The molecule has 7 heteroatoms. The molecule has 1 atom stereocenters. The van der Waals surface area contributed by atoms with Gasteiger partial charge in [-0.1, -0.05) is 0 Å². The van der Waals surface area contributed by atoms with E-state index >= 15 is 0 Å². The van der Waals surface area contributed by atoms with E-state index in [1.54, 1.807) is 0 Å². The minimum absolute atomic E-state index is 0.231. The van der Waals surface area contributed by atoms with Crippen LogP contribution in [0.15, 0.2) is 18.2 Å². The molecule has 0 aromatic heterocycles. The van der Waals surface area contributed by atoms with Crippen LogP contribution in [0.5, 0.6) is 0 Å². The molecular weight excluding hydrogens is 275 g/mol. The van der Waals surface area contributed by atoms with E-state index in [1.807, 2.05) is 0 Å². The van der Waals surface area contributed by atoms with Crippen LogP contribution in [-0.4, -0.2) is 60.5 Å². The molecule has 1 aromatic rings. The normalized spacial score (nSPS) is 18.4. The standard InChI is InChI=1S/C14H21FN4O2/c1-11(18-7-5-17(2)6-8-18)10-16-14-4-3-12(19(20)21)9-13(14)15/h3-4,9,11,16H,5-8,10H2,1-2H3. The Labute approximate surface area is 123 Å². The first-order valence-electron chi connectivity index (χ1n) is 7.08. The number of hydrogen-bond acceptors (Lipinski definition) is 5. The van der Waals surface area contributed by atoms with Gasteiger partial charge in [-0.05, 0) is 20.0 Å². The molecule has 0 radical (unpaired) electrons. The fraction of sp³-hybridized carbons (Fsp3) is 0.571. The van der Waals surface area contributed by atoms with Gasteiger partial charge in [-0.25, -0.2) is 4.39 Å². The van der Waals surface area contributed by atoms with Crippen LogP contribution in [0.3, 0.4) is 0 Å². The van der Waals surface area contributed by atoms with E-state index in [-0.39, 0.29) is 11.7 Å². The number of nitro benzene ring substituents is 1. The van der Waals surface area contributed by atoms with E-state index in [9.17, 15) is 14.5 Å². The van der Waals surface area contributed by atoms with Crippen molar-refractivity contribution in [3.63, 3.8) is 0 Å². The largest absolute Gasteiger partial charge is 0.381 e. The number of likely N-dealkylation sites (N-methyl/N-ethyl adjacent to an activating group) is 1. The van der Waals surface area contributed by atoms with Crippen LogP contribution >= 0.6 is 0 Å². The number of non-ortho nitro benzene ring substituents is 1. The van der Waals surface area contributed by atoms with Crippen molar-refractivity contribution in [1.82, 2.24) is 9.80 Å². The molecule has 1 fully saturated rings. The molecule has 1 saturated heterocycles. The second kappa shape index (κ2) is 6.82. The SMILES string of the molecule is CC(CNc1ccc([N+](=O)[O-])cc1F)N1CCN(C)CC1. The van der Waals surface area contributed by atoms with E-state index in [1.165, 1.54) is 12.1 Å². The molecule has 1 heterocycles. The fourth-order valence-electron chi connectivity index (χ4n) is 2.41. The first kappa shape index (κ1) is 15.7. The van der Waals surface area contributed by atoms with Crippen LogP contribution in [0.1, 0.15) is 6.92 Å². The molecule has 1 aromatic carbocycles. The van der Waals surface area contributed by atoms with Crippen molar-refractivity contribution in [3.05, 3.63) is 34.1 Å². The minimum atomic E-state index is -0.598. The number of nitrogens with one attached hydrogen (secondary N) is 1. The van der Waals surface area contributed by atoms with E-state index in [0.29, 0.717) is 12.2 Å². The van der Waals surface area contributed by atoms with Crippen molar-refractivity contribution in [2.24, 2.45) is 0 Å². The predicted octanol–water partition coefficient (Wildman–Crippen LogP) is 1.78. The molecule has 0 aliphatic carbocycles. The number of nitrogens with zero attached hydrogens (tertiary/aromatic N) is 3. The van der Waals surface area contributed by atoms with E-state index in [2.05, 4.69) is 29.1 Å². The molecule has 1 aliphatic heterocycles. The summed E-state index contributed by atoms with van der Waals surface area (Å²) in [6.45, 7) is 6.79. The zero-order valence-electron chi connectivity index (χ0n) is 12.4. The van der Waals surface area contributed by atoms with Gasteiger partial charge in [-0.2, -0.15) is 0 Å². The summed E-state index contributed by atoms with van der Waals surface area (Å²) in [6, 6.07) is 3.96. The van der Waals surface area contributed by atoms with Gasteiger partial charge in [0.15, 0.2) is 5.82 Å².